The number of thiocarbonyl (C=S) groups is 1. The molecule has 0 bridgehead atoms. The summed E-state index contributed by atoms with van der Waals surface area (Å²) in [6.45, 7) is 4.28. The van der Waals surface area contributed by atoms with Crippen LogP contribution in [0.5, 0.6) is 0 Å². The number of nitrogens with one attached hydrogen (secondary N) is 2. The zero-order valence-electron chi connectivity index (χ0n) is 16.1. The Morgan fingerprint density at radius 3 is 2.75 bits per heavy atom. The second-order valence-electron chi connectivity index (χ2n) is 7.45. The van der Waals surface area contributed by atoms with Crippen molar-refractivity contribution in [3.63, 3.8) is 0 Å². The Balaban J connectivity index is 1.64. The molecule has 28 heavy (non-hydrogen) atoms. The van der Waals surface area contributed by atoms with Crippen LogP contribution in [0.15, 0.2) is 41.5 Å². The Bertz CT molecular complexity index is 1060. The van der Waals surface area contributed by atoms with Crippen LogP contribution in [0.3, 0.4) is 0 Å². The molecule has 1 aliphatic rings. The molecule has 4 rings (SSSR count). The number of aromatic nitrogens is 2. The second-order valence-corrected chi connectivity index (χ2v) is 9.06. The molecule has 0 spiro atoms. The van der Waals surface area contributed by atoms with E-state index in [4.69, 9.17) is 12.2 Å². The molecule has 0 radical (unpaired) electrons. The van der Waals surface area contributed by atoms with Gasteiger partial charge in [-0.3, -0.25) is 10.2 Å². The number of fused-ring (bicyclic) bond motifs is 1. The van der Waals surface area contributed by atoms with Gasteiger partial charge in [0.05, 0.1) is 5.39 Å². The van der Waals surface area contributed by atoms with E-state index in [-0.39, 0.29) is 5.56 Å². The van der Waals surface area contributed by atoms with Crippen molar-refractivity contribution in [2.24, 2.45) is 5.92 Å². The summed E-state index contributed by atoms with van der Waals surface area (Å²) in [5.74, 6) is 0.579. The Morgan fingerprint density at radius 2 is 2.00 bits per heavy atom. The molecular formula is C21H24N4OS2. The normalized spacial score (nSPS) is 19.5. The Kier molecular flexibility index (Phi) is 5.46. The van der Waals surface area contributed by atoms with Crippen LogP contribution in [0.1, 0.15) is 37.5 Å². The molecule has 7 heteroatoms. The monoisotopic (exact) mass is 412 g/mol. The molecule has 2 atom stereocenters. The van der Waals surface area contributed by atoms with Crippen molar-refractivity contribution < 1.29 is 0 Å². The van der Waals surface area contributed by atoms with Crippen LogP contribution in [-0.4, -0.2) is 20.8 Å². The van der Waals surface area contributed by atoms with Gasteiger partial charge in [0.25, 0.3) is 5.56 Å². The van der Waals surface area contributed by atoms with E-state index in [9.17, 15) is 4.79 Å². The topological polar surface area (TPSA) is 59.0 Å². The van der Waals surface area contributed by atoms with Crippen molar-refractivity contribution in [1.82, 2.24) is 15.0 Å². The minimum absolute atomic E-state index is 0.131. The molecule has 1 aliphatic carbocycles. The largest absolute Gasteiger partial charge is 0.358 e. The van der Waals surface area contributed by atoms with Crippen LogP contribution in [0.25, 0.3) is 21.3 Å². The molecule has 146 valence electrons. The lowest BCUT2D eigenvalue weighted by atomic mass is 9.86. The fourth-order valence-corrected chi connectivity index (χ4v) is 5.23. The fourth-order valence-electron chi connectivity index (χ4n) is 3.98. The highest BCUT2D eigenvalue weighted by atomic mass is 32.1. The summed E-state index contributed by atoms with van der Waals surface area (Å²) in [5.41, 5.74) is 4.87. The van der Waals surface area contributed by atoms with Crippen LogP contribution in [0.4, 0.5) is 0 Å². The molecule has 1 saturated carbocycles. The SMILES string of the molecule is Cc1sc2ncn(NC(=S)N[C@@H]3CCCC[C@H]3C)c(=O)c2c1-c1ccccc1. The Morgan fingerprint density at radius 1 is 1.25 bits per heavy atom. The van der Waals surface area contributed by atoms with E-state index >= 15 is 0 Å². The van der Waals surface area contributed by atoms with E-state index in [1.807, 2.05) is 37.3 Å². The van der Waals surface area contributed by atoms with Crippen molar-refractivity contribution >= 4 is 38.9 Å². The highest BCUT2D eigenvalue weighted by Gasteiger charge is 2.22. The lowest BCUT2D eigenvalue weighted by Gasteiger charge is -2.30. The van der Waals surface area contributed by atoms with Crippen molar-refractivity contribution in [3.8, 4) is 11.1 Å². The second kappa shape index (κ2) is 8.01. The van der Waals surface area contributed by atoms with Gasteiger partial charge in [-0.1, -0.05) is 50.1 Å². The first-order valence-electron chi connectivity index (χ1n) is 9.68. The fraction of sp³-hybridized carbons (Fsp3) is 0.381. The van der Waals surface area contributed by atoms with E-state index in [1.165, 1.54) is 30.3 Å². The number of rotatable bonds is 3. The zero-order valence-corrected chi connectivity index (χ0v) is 17.7. The van der Waals surface area contributed by atoms with Gasteiger partial charge in [0.2, 0.25) is 0 Å². The van der Waals surface area contributed by atoms with E-state index in [1.54, 1.807) is 11.3 Å². The first-order chi connectivity index (χ1) is 13.5. The molecule has 2 aromatic heterocycles. The number of hydrogen-bond donors (Lipinski definition) is 2. The highest BCUT2D eigenvalue weighted by molar-refractivity contribution is 7.80. The quantitative estimate of drug-likeness (QED) is 0.623. The number of thiophene rings is 1. The van der Waals surface area contributed by atoms with E-state index in [2.05, 4.69) is 22.7 Å². The smallest absolute Gasteiger partial charge is 0.281 e. The van der Waals surface area contributed by atoms with Gasteiger partial charge in [-0.25, -0.2) is 9.66 Å². The molecule has 0 unspecified atom stereocenters. The zero-order chi connectivity index (χ0) is 19.7. The first-order valence-corrected chi connectivity index (χ1v) is 10.9. The van der Waals surface area contributed by atoms with E-state index in [0.717, 1.165) is 27.3 Å². The Hall–Kier alpha value is -2.25. The minimum Gasteiger partial charge on any atom is -0.358 e. The lowest BCUT2D eigenvalue weighted by molar-refractivity contribution is 0.309. The Labute approximate surface area is 173 Å². The molecular weight excluding hydrogens is 388 g/mol. The molecule has 1 aromatic carbocycles. The molecule has 3 aromatic rings. The minimum atomic E-state index is -0.131. The van der Waals surface area contributed by atoms with Crippen molar-refractivity contribution in [2.45, 2.75) is 45.6 Å². The van der Waals surface area contributed by atoms with Crippen LogP contribution < -0.4 is 16.3 Å². The molecule has 2 N–H and O–H groups in total. The number of benzene rings is 1. The maximum absolute atomic E-state index is 13.2. The molecule has 2 heterocycles. The van der Waals surface area contributed by atoms with Gasteiger partial charge in [-0.05, 0) is 43.5 Å². The summed E-state index contributed by atoms with van der Waals surface area (Å²) in [5, 5.41) is 4.48. The first kappa shape index (κ1) is 19.1. The summed E-state index contributed by atoms with van der Waals surface area (Å²) in [6, 6.07) is 10.3. The molecule has 1 fully saturated rings. The molecule has 0 aliphatic heterocycles. The number of aryl methyl sites for hydroxylation is 1. The van der Waals surface area contributed by atoms with Gasteiger partial charge >= 0.3 is 0 Å². The average Bonchev–Trinajstić information content (AvgIpc) is 3.03. The maximum atomic E-state index is 13.2. The molecule has 5 nitrogen and oxygen atoms in total. The summed E-state index contributed by atoms with van der Waals surface area (Å²) >= 11 is 7.02. The van der Waals surface area contributed by atoms with E-state index < -0.39 is 0 Å². The van der Waals surface area contributed by atoms with Crippen molar-refractivity contribution in [3.05, 3.63) is 51.9 Å². The van der Waals surface area contributed by atoms with Gasteiger partial charge in [-0.15, -0.1) is 11.3 Å². The average molecular weight is 413 g/mol. The van der Waals surface area contributed by atoms with Crippen LogP contribution >= 0.6 is 23.6 Å². The van der Waals surface area contributed by atoms with Gasteiger partial charge < -0.3 is 5.32 Å². The number of nitrogens with zero attached hydrogens (tertiary/aromatic N) is 2. The van der Waals surface area contributed by atoms with Gasteiger partial charge in [0.15, 0.2) is 5.11 Å². The summed E-state index contributed by atoms with van der Waals surface area (Å²) in [4.78, 5) is 19.5. The summed E-state index contributed by atoms with van der Waals surface area (Å²) in [6.07, 6.45) is 6.33. The van der Waals surface area contributed by atoms with Gasteiger partial charge in [-0.2, -0.15) is 0 Å². The van der Waals surface area contributed by atoms with E-state index in [0.29, 0.717) is 22.5 Å². The van der Waals surface area contributed by atoms with Crippen LogP contribution in [0, 0.1) is 12.8 Å². The highest BCUT2D eigenvalue weighted by Crippen LogP contribution is 2.35. The number of hydrogen-bond acceptors (Lipinski definition) is 4. The third kappa shape index (κ3) is 3.69. The standard InChI is InChI=1S/C21H24N4OS2/c1-13-8-6-7-11-16(13)23-21(27)24-25-12-22-19-18(20(25)26)17(14(2)28-19)15-9-4-3-5-10-15/h3-5,9-10,12-13,16H,6-8,11H2,1-2H3,(H2,23,24,27)/t13-,16-/m1/s1. The lowest BCUT2D eigenvalue weighted by Crippen LogP contribution is -2.46. The van der Waals surface area contributed by atoms with Gasteiger partial charge in [0.1, 0.15) is 11.2 Å². The van der Waals surface area contributed by atoms with Crippen molar-refractivity contribution in [2.75, 3.05) is 5.43 Å². The molecule has 0 amide bonds. The predicted octanol–water partition coefficient (Wildman–Crippen LogP) is 4.43. The third-order valence-corrected chi connectivity index (χ3v) is 6.72. The van der Waals surface area contributed by atoms with Gasteiger partial charge in [0, 0.05) is 16.5 Å². The summed E-state index contributed by atoms with van der Waals surface area (Å²) < 4.78 is 1.39. The van der Waals surface area contributed by atoms with Crippen LogP contribution in [-0.2, 0) is 0 Å². The predicted molar refractivity (Wildman–Crippen MR) is 121 cm³/mol. The molecule has 0 saturated heterocycles. The van der Waals surface area contributed by atoms with Crippen LogP contribution in [0.2, 0.25) is 0 Å². The third-order valence-electron chi connectivity index (χ3n) is 5.50. The van der Waals surface area contributed by atoms with Crippen molar-refractivity contribution in [1.29, 1.82) is 0 Å². The maximum Gasteiger partial charge on any atom is 0.281 e. The summed E-state index contributed by atoms with van der Waals surface area (Å²) in [7, 11) is 0.